The van der Waals surface area contributed by atoms with Crippen LogP contribution in [0.15, 0.2) is 92.8 Å². The highest BCUT2D eigenvalue weighted by Gasteiger charge is 2.72. The molecule has 0 amide bonds. The van der Waals surface area contributed by atoms with Crippen molar-refractivity contribution in [3.05, 3.63) is 72.8 Å². The second kappa shape index (κ2) is 27.1. The number of Topliss-reactive ketones (excluding diaryl/α,β-unsaturated/α-hetero) is 1. The Morgan fingerprint density at radius 1 is 0.587 bits per heavy atom. The zero-order valence-electron chi connectivity index (χ0n) is 58.2. The molecule has 0 spiro atoms. The summed E-state index contributed by atoms with van der Waals surface area (Å²) in [4.78, 5) is 22.9. The van der Waals surface area contributed by atoms with Crippen LogP contribution >= 0.6 is 0 Å². The van der Waals surface area contributed by atoms with Gasteiger partial charge in [-0.15, -0.1) is 0 Å². The Bertz CT molecular complexity index is 3570. The number of aliphatic hydroxyl groups is 3. The summed E-state index contributed by atoms with van der Waals surface area (Å²) >= 11 is 0. The minimum Gasteiger partial charge on any atom is -0.393 e. The van der Waals surface area contributed by atoms with E-state index in [-0.39, 0.29) is 61.9 Å². The Hall–Kier alpha value is -4.61. The molecule has 0 saturated heterocycles. The van der Waals surface area contributed by atoms with Crippen molar-refractivity contribution in [2.45, 2.75) is 219 Å². The number of benzene rings is 4. The number of nitrogens with one attached hydrogen (secondary N) is 2. The number of carbonyl (C=O) groups excluding carboxylic acids is 1. The number of nitrogens with zero attached hydrogens (tertiary/aromatic N) is 4. The van der Waals surface area contributed by atoms with Gasteiger partial charge < -0.3 is 25.1 Å². The van der Waals surface area contributed by atoms with Gasteiger partial charge in [0.25, 0.3) is 20.0 Å². The second-order valence-electron chi connectivity index (χ2n) is 32.6. The van der Waals surface area contributed by atoms with E-state index < -0.39 is 43.3 Å². The summed E-state index contributed by atoms with van der Waals surface area (Å²) in [5.41, 5.74) is 0.524. The molecule has 11 rings (SSSR count). The lowest BCUT2D eigenvalue weighted by Gasteiger charge is -2.55. The summed E-state index contributed by atoms with van der Waals surface area (Å²) in [5, 5.41) is 46.2. The molecule has 7 saturated carbocycles. The number of fused-ring (bicyclic) bond motifs is 8. The SMILES string of the molecule is CC(C)CC[C@@H](C)[C@H]1CCC2C(C/C=N/NS(=O)(=O)c3ccc4c(N(C)C)cccc4c3)C([C@@]3(C)CC[C@H](O)CC3=O)CC[C@@]21C.CC(C)CC[C@@H](C)[C@H]1CCC2C3C(CC[C@@]21C)[C@@]1(C)CC[C@H](O)C[C@@]1(O)[C@@H]3/C=N/NS(=O)(=O)c1ccc2c(N(C)C)cccc2c1. The smallest absolute Gasteiger partial charge is 0.276 e. The van der Waals surface area contributed by atoms with E-state index in [2.05, 4.69) is 89.1 Å². The first-order chi connectivity index (χ1) is 43.3. The lowest BCUT2D eigenvalue weighted by Crippen LogP contribution is -2.54. The van der Waals surface area contributed by atoms with Gasteiger partial charge in [-0.3, -0.25) is 4.79 Å². The van der Waals surface area contributed by atoms with Gasteiger partial charge >= 0.3 is 0 Å². The van der Waals surface area contributed by atoms with Gasteiger partial charge in [0.1, 0.15) is 5.78 Å². The van der Waals surface area contributed by atoms with E-state index >= 15 is 0 Å². The highest BCUT2D eigenvalue weighted by Crippen LogP contribution is 2.73. The van der Waals surface area contributed by atoms with Crippen LogP contribution in [0, 0.1) is 98.6 Å². The molecule has 0 bridgehead atoms. The Morgan fingerprint density at radius 2 is 1.09 bits per heavy atom. The summed E-state index contributed by atoms with van der Waals surface area (Å²) in [6, 6.07) is 22.1. The summed E-state index contributed by atoms with van der Waals surface area (Å²) < 4.78 is 53.8. The van der Waals surface area contributed by atoms with Gasteiger partial charge in [0.05, 0.1) is 27.6 Å². The average molecular weight is 1300 g/mol. The average Bonchev–Trinajstić information content (AvgIpc) is 1.51. The third-order valence-electron chi connectivity index (χ3n) is 26.2. The Kier molecular flexibility index (Phi) is 20.7. The third-order valence-corrected chi connectivity index (χ3v) is 28.6. The molecule has 6 unspecified atom stereocenters. The first-order valence-electron chi connectivity index (χ1n) is 35.4. The van der Waals surface area contributed by atoms with Crippen LogP contribution in [0.5, 0.6) is 0 Å². The topological polar surface area (TPSA) is 201 Å². The molecule has 16 heteroatoms. The van der Waals surface area contributed by atoms with E-state index in [1.807, 2.05) is 86.5 Å². The van der Waals surface area contributed by atoms with Crippen LogP contribution < -0.4 is 19.5 Å². The van der Waals surface area contributed by atoms with Crippen LogP contribution in [0.4, 0.5) is 11.4 Å². The van der Waals surface area contributed by atoms with Crippen LogP contribution in [0.3, 0.4) is 0 Å². The maximum Gasteiger partial charge on any atom is 0.276 e. The lowest BCUT2D eigenvalue weighted by atomic mass is 9.49. The predicted octanol–water partition coefficient (Wildman–Crippen LogP) is 15.0. The molecular weight excluding hydrogens is 1190 g/mol. The van der Waals surface area contributed by atoms with Crippen molar-refractivity contribution >= 4 is 71.2 Å². The summed E-state index contributed by atoms with van der Waals surface area (Å²) in [6.07, 6.45) is 20.6. The van der Waals surface area contributed by atoms with Crippen LogP contribution in [-0.2, 0) is 24.8 Å². The van der Waals surface area contributed by atoms with Gasteiger partial charge in [0, 0.05) is 92.4 Å². The van der Waals surface area contributed by atoms with Crippen molar-refractivity contribution in [3.63, 3.8) is 0 Å². The summed E-state index contributed by atoms with van der Waals surface area (Å²) in [6.45, 7) is 23.5. The van der Waals surface area contributed by atoms with Crippen molar-refractivity contribution in [2.75, 3.05) is 38.0 Å². The van der Waals surface area contributed by atoms with Crippen molar-refractivity contribution in [3.8, 4) is 0 Å². The number of sulfonamides is 2. The molecule has 92 heavy (non-hydrogen) atoms. The summed E-state index contributed by atoms with van der Waals surface area (Å²) in [5.74, 6) is 5.79. The van der Waals surface area contributed by atoms with Crippen molar-refractivity contribution in [1.29, 1.82) is 0 Å². The van der Waals surface area contributed by atoms with E-state index in [4.69, 9.17) is 0 Å². The minimum absolute atomic E-state index is 0.160. The number of aliphatic hydroxyl groups excluding tert-OH is 2. The molecule has 5 N–H and O–H groups in total. The molecule has 0 aromatic heterocycles. The third kappa shape index (κ3) is 13.2. The molecule has 0 aliphatic heterocycles. The molecule has 7 aliphatic rings. The fraction of sp³-hybridized carbons (Fsp3) is 0.697. The lowest BCUT2D eigenvalue weighted by molar-refractivity contribution is -0.144. The monoisotopic (exact) mass is 1300 g/mol. The number of hydrogen-bond acceptors (Lipinski definition) is 12. The van der Waals surface area contributed by atoms with E-state index in [1.54, 1.807) is 36.7 Å². The highest BCUT2D eigenvalue weighted by atomic mass is 32.2. The number of anilines is 2. The fourth-order valence-electron chi connectivity index (χ4n) is 21.1. The second-order valence-corrected chi connectivity index (χ2v) is 36.0. The number of carbonyl (C=O) groups is 1. The van der Waals surface area contributed by atoms with Crippen LogP contribution in [-0.4, -0.2) is 96.4 Å². The van der Waals surface area contributed by atoms with Crippen molar-refractivity contribution in [1.82, 2.24) is 9.66 Å². The van der Waals surface area contributed by atoms with Crippen molar-refractivity contribution in [2.24, 2.45) is 109 Å². The molecular formula is C76H114N6O8S2. The Morgan fingerprint density at radius 3 is 1.61 bits per heavy atom. The number of hydrogen-bond donors (Lipinski definition) is 5. The number of rotatable bonds is 20. The van der Waals surface area contributed by atoms with Gasteiger partial charge in [-0.1, -0.05) is 131 Å². The first kappa shape index (κ1) is 70.2. The van der Waals surface area contributed by atoms with Gasteiger partial charge in [0.2, 0.25) is 0 Å². The van der Waals surface area contributed by atoms with Gasteiger partial charge in [-0.05, 0) is 212 Å². The number of hydrazone groups is 2. The van der Waals surface area contributed by atoms with Gasteiger partial charge in [0.15, 0.2) is 0 Å². The standard InChI is InChI=1S/2C38H57N3O4S/c1-24(2)11-12-25(3)30-15-16-31-35-32(18-19-36(30,31)4)37(5)20-17-27(42)22-38(37,43)33(35)23-39-40-46(44,45)28-13-14-29-26(21-28)9-8-10-34(29)41(6)7;1-25(2)11-12-26(3)32-15-16-33-31(34(18-21-37(32,33)4)38(5)20-17-28(42)24-36(38)43)19-22-39-40-46(44,45)29-13-14-30-27(23-29)9-8-10-35(30)41(6)7/h8-10,13-14,21,23-25,27,30-33,35,40,42-43H,11-12,15-20,22H2,1-7H3;8-10,13-14,22-23,25-26,28,31-34,40,42H,11-12,15-21,24H2,1-7H3/b39-23+;39-22+/t25-,27+,30-,31?,32?,33-,35?,36-,37-,38-;26-,28+,31?,32-,33?,34?,37-,38-/m11/s1. The van der Waals surface area contributed by atoms with Crippen molar-refractivity contribution < 1.29 is 36.9 Å². The molecule has 4 aromatic rings. The molecule has 7 aliphatic carbocycles. The molecule has 0 heterocycles. The van der Waals surface area contributed by atoms with E-state index in [0.29, 0.717) is 85.4 Å². The predicted molar refractivity (Wildman–Crippen MR) is 376 cm³/mol. The van der Waals surface area contributed by atoms with Crippen LogP contribution in [0.1, 0.15) is 191 Å². The quantitative estimate of drug-likeness (QED) is 0.0419. The van der Waals surface area contributed by atoms with Gasteiger partial charge in [-0.2, -0.15) is 27.0 Å². The molecule has 4 aromatic carbocycles. The highest BCUT2D eigenvalue weighted by molar-refractivity contribution is 7.89. The maximum atomic E-state index is 13.6. The molecule has 0 radical (unpaired) electrons. The first-order valence-corrected chi connectivity index (χ1v) is 38.4. The van der Waals surface area contributed by atoms with Crippen LogP contribution in [0.25, 0.3) is 21.5 Å². The zero-order chi connectivity index (χ0) is 66.7. The molecule has 508 valence electrons. The zero-order valence-corrected chi connectivity index (χ0v) is 59.8. The molecule has 14 nitrogen and oxygen atoms in total. The van der Waals surface area contributed by atoms with E-state index in [9.17, 15) is 36.9 Å². The fourth-order valence-corrected chi connectivity index (χ4v) is 22.7. The molecule has 18 atom stereocenters. The minimum atomic E-state index is -3.94. The molecule has 7 fully saturated rings. The normalized spacial score (nSPS) is 35.4. The van der Waals surface area contributed by atoms with E-state index in [0.717, 1.165) is 71.4 Å². The van der Waals surface area contributed by atoms with Crippen LogP contribution in [0.2, 0.25) is 0 Å². The Labute approximate surface area is 553 Å². The maximum absolute atomic E-state index is 13.6. The number of ketones is 1. The van der Waals surface area contributed by atoms with E-state index in [1.165, 1.54) is 44.9 Å². The Balaban J connectivity index is 0.000000202. The largest absolute Gasteiger partial charge is 0.393 e. The summed E-state index contributed by atoms with van der Waals surface area (Å²) in [7, 11) is 0.105. The van der Waals surface area contributed by atoms with Gasteiger partial charge in [-0.25, -0.2) is 9.66 Å².